The monoisotopic (exact) mass is 177 g/mol. The van der Waals surface area contributed by atoms with E-state index in [2.05, 4.69) is 5.32 Å². The van der Waals surface area contributed by atoms with E-state index in [1.807, 2.05) is 26.0 Å². The van der Waals surface area contributed by atoms with Gasteiger partial charge < -0.3 is 10.4 Å². The van der Waals surface area contributed by atoms with E-state index in [9.17, 15) is 9.90 Å². The highest BCUT2D eigenvalue weighted by atomic mass is 16.3. The van der Waals surface area contributed by atoms with Crippen LogP contribution in [0.25, 0.3) is 0 Å². The molecule has 0 saturated heterocycles. The molecule has 13 heavy (non-hydrogen) atoms. The van der Waals surface area contributed by atoms with Crippen LogP contribution >= 0.6 is 0 Å². The van der Waals surface area contributed by atoms with Gasteiger partial charge >= 0.3 is 0 Å². The first-order chi connectivity index (χ1) is 6.11. The van der Waals surface area contributed by atoms with Crippen molar-refractivity contribution >= 4 is 5.91 Å². The average molecular weight is 177 g/mol. The van der Waals surface area contributed by atoms with Crippen LogP contribution in [-0.2, 0) is 0 Å². The van der Waals surface area contributed by atoms with E-state index in [4.69, 9.17) is 0 Å². The van der Waals surface area contributed by atoms with E-state index in [-0.39, 0.29) is 5.91 Å². The fraction of sp³-hybridized carbons (Fsp3) is 0.300. The van der Waals surface area contributed by atoms with Crippen LogP contribution in [0.4, 0.5) is 0 Å². The molecule has 3 heteroatoms. The summed E-state index contributed by atoms with van der Waals surface area (Å²) in [4.78, 5) is 11.4. The summed E-state index contributed by atoms with van der Waals surface area (Å²) in [5.41, 5.74) is 3.22. The van der Waals surface area contributed by atoms with E-state index in [0.29, 0.717) is 5.56 Å². The summed E-state index contributed by atoms with van der Waals surface area (Å²) in [6.45, 7) is 3.76. The molecule has 1 aromatic rings. The molecule has 68 valence electrons. The Morgan fingerprint density at radius 1 is 1.31 bits per heavy atom. The molecule has 0 fully saturated rings. The van der Waals surface area contributed by atoms with Crippen LogP contribution in [0.5, 0.6) is 0 Å². The number of rotatable bonds is 0. The minimum Gasteiger partial charge on any atom is -0.369 e. The zero-order valence-corrected chi connectivity index (χ0v) is 7.59. The molecule has 1 amide bonds. The number of nitrogens with one attached hydrogen (secondary N) is 1. The zero-order chi connectivity index (χ0) is 9.59. The van der Waals surface area contributed by atoms with Crippen LogP contribution in [0.2, 0.25) is 0 Å². The maximum Gasteiger partial charge on any atom is 0.254 e. The van der Waals surface area contributed by atoms with Crippen molar-refractivity contribution < 1.29 is 9.90 Å². The second-order valence-corrected chi connectivity index (χ2v) is 3.36. The minimum absolute atomic E-state index is 0.177. The molecule has 1 aliphatic heterocycles. The Kier molecular flexibility index (Phi) is 1.63. The van der Waals surface area contributed by atoms with Crippen molar-refractivity contribution in [3.05, 3.63) is 34.4 Å². The van der Waals surface area contributed by atoms with E-state index in [0.717, 1.165) is 16.7 Å². The molecule has 1 heterocycles. The maximum atomic E-state index is 11.4. The highest BCUT2D eigenvalue weighted by Crippen LogP contribution is 2.28. The Morgan fingerprint density at radius 2 is 1.92 bits per heavy atom. The summed E-state index contributed by atoms with van der Waals surface area (Å²) in [6, 6.07) is 3.81. The van der Waals surface area contributed by atoms with Gasteiger partial charge in [0.05, 0.1) is 5.56 Å². The van der Waals surface area contributed by atoms with Crippen molar-refractivity contribution in [2.75, 3.05) is 0 Å². The highest BCUT2D eigenvalue weighted by molar-refractivity contribution is 6.00. The third kappa shape index (κ3) is 1.04. The Labute approximate surface area is 76.4 Å². The van der Waals surface area contributed by atoms with Crippen molar-refractivity contribution in [2.24, 2.45) is 0 Å². The number of amides is 1. The van der Waals surface area contributed by atoms with Gasteiger partial charge in [-0.2, -0.15) is 0 Å². The van der Waals surface area contributed by atoms with Gasteiger partial charge in [0, 0.05) is 5.56 Å². The predicted molar refractivity (Wildman–Crippen MR) is 48.3 cm³/mol. The molecule has 3 nitrogen and oxygen atoms in total. The lowest BCUT2D eigenvalue weighted by atomic mass is 9.99. The summed E-state index contributed by atoms with van der Waals surface area (Å²) < 4.78 is 0. The van der Waals surface area contributed by atoms with Gasteiger partial charge in [-0.15, -0.1) is 0 Å². The van der Waals surface area contributed by atoms with Gasteiger partial charge in [-0.05, 0) is 25.0 Å². The second-order valence-electron chi connectivity index (χ2n) is 3.36. The van der Waals surface area contributed by atoms with Crippen LogP contribution in [-0.4, -0.2) is 11.0 Å². The molecule has 2 rings (SSSR count). The lowest BCUT2D eigenvalue weighted by molar-refractivity contribution is 0.0850. The van der Waals surface area contributed by atoms with Crippen molar-refractivity contribution in [3.63, 3.8) is 0 Å². The fourth-order valence-electron chi connectivity index (χ4n) is 1.75. The van der Waals surface area contributed by atoms with Gasteiger partial charge in [-0.25, -0.2) is 0 Å². The molecule has 0 radical (unpaired) electrons. The number of hydrogen-bond acceptors (Lipinski definition) is 2. The maximum absolute atomic E-state index is 11.4. The third-order valence-corrected chi connectivity index (χ3v) is 2.44. The molecule has 0 saturated carbocycles. The van der Waals surface area contributed by atoms with Crippen LogP contribution in [0.3, 0.4) is 0 Å². The lowest BCUT2D eigenvalue weighted by Crippen LogP contribution is -2.18. The topological polar surface area (TPSA) is 49.3 Å². The van der Waals surface area contributed by atoms with Crippen molar-refractivity contribution in [1.82, 2.24) is 5.32 Å². The van der Waals surface area contributed by atoms with Gasteiger partial charge in [-0.3, -0.25) is 4.79 Å². The molecule has 0 bridgehead atoms. The number of aryl methyl sites for hydroxylation is 2. The van der Waals surface area contributed by atoms with E-state index in [1.54, 1.807) is 0 Å². The van der Waals surface area contributed by atoms with Crippen LogP contribution in [0.1, 0.15) is 33.3 Å². The Morgan fingerprint density at radius 3 is 2.54 bits per heavy atom. The summed E-state index contributed by atoms with van der Waals surface area (Å²) in [7, 11) is 0. The number of fused-ring (bicyclic) bond motifs is 1. The zero-order valence-electron chi connectivity index (χ0n) is 7.59. The molecule has 0 spiro atoms. The summed E-state index contributed by atoms with van der Waals surface area (Å²) in [5.74, 6) is -0.177. The van der Waals surface area contributed by atoms with E-state index >= 15 is 0 Å². The molecule has 0 aliphatic carbocycles. The number of aliphatic hydroxyl groups excluding tert-OH is 1. The molecule has 1 atom stereocenters. The summed E-state index contributed by atoms with van der Waals surface area (Å²) in [5, 5.41) is 12.0. The number of aliphatic hydroxyl groups is 1. The van der Waals surface area contributed by atoms with Crippen molar-refractivity contribution in [1.29, 1.82) is 0 Å². The molecular weight excluding hydrogens is 166 g/mol. The smallest absolute Gasteiger partial charge is 0.254 e. The standard InChI is InChI=1S/C10H11NO2/c1-5-3-4-6(2)8-7(5)9(12)11-10(8)13/h3-4,9,12H,1-2H3,(H,11,13). The van der Waals surface area contributed by atoms with Gasteiger partial charge in [0.15, 0.2) is 6.23 Å². The first-order valence-corrected chi connectivity index (χ1v) is 4.20. The van der Waals surface area contributed by atoms with Gasteiger partial charge in [-0.1, -0.05) is 12.1 Å². The quantitative estimate of drug-likeness (QED) is 0.622. The van der Waals surface area contributed by atoms with Crippen molar-refractivity contribution in [3.8, 4) is 0 Å². The third-order valence-electron chi connectivity index (χ3n) is 2.44. The largest absolute Gasteiger partial charge is 0.369 e. The average Bonchev–Trinajstić information content (AvgIpc) is 2.36. The summed E-state index contributed by atoms with van der Waals surface area (Å²) >= 11 is 0. The van der Waals surface area contributed by atoms with Crippen LogP contribution in [0.15, 0.2) is 12.1 Å². The minimum atomic E-state index is -0.831. The number of hydrogen-bond donors (Lipinski definition) is 2. The second kappa shape index (κ2) is 2.57. The molecular formula is C10H11NO2. The molecule has 1 aliphatic rings. The number of carbonyl (C=O) groups is 1. The normalized spacial score (nSPS) is 19.9. The van der Waals surface area contributed by atoms with Crippen molar-refractivity contribution in [2.45, 2.75) is 20.1 Å². The lowest BCUT2D eigenvalue weighted by Gasteiger charge is -2.07. The fourth-order valence-corrected chi connectivity index (χ4v) is 1.75. The van der Waals surface area contributed by atoms with Crippen LogP contribution in [0, 0.1) is 13.8 Å². The first kappa shape index (κ1) is 8.26. The van der Waals surface area contributed by atoms with Gasteiger partial charge in [0.2, 0.25) is 0 Å². The first-order valence-electron chi connectivity index (χ1n) is 4.20. The van der Waals surface area contributed by atoms with Gasteiger partial charge in [0.25, 0.3) is 5.91 Å². The Hall–Kier alpha value is -1.35. The number of benzene rings is 1. The molecule has 2 N–H and O–H groups in total. The van der Waals surface area contributed by atoms with E-state index < -0.39 is 6.23 Å². The molecule has 1 aromatic carbocycles. The SMILES string of the molecule is Cc1ccc(C)c2c1C(=O)NC2O. The number of carbonyl (C=O) groups excluding carboxylic acids is 1. The Bertz CT molecular complexity index is 385. The highest BCUT2D eigenvalue weighted by Gasteiger charge is 2.29. The molecule has 1 unspecified atom stereocenters. The Balaban J connectivity index is 2.74. The summed E-state index contributed by atoms with van der Waals surface area (Å²) in [6.07, 6.45) is -0.831. The predicted octanol–water partition coefficient (Wildman–Crippen LogP) is 1.04. The van der Waals surface area contributed by atoms with Crippen LogP contribution < -0.4 is 5.32 Å². The van der Waals surface area contributed by atoms with E-state index in [1.165, 1.54) is 0 Å². The molecule has 0 aromatic heterocycles. The van der Waals surface area contributed by atoms with Gasteiger partial charge in [0.1, 0.15) is 0 Å².